The van der Waals surface area contributed by atoms with E-state index < -0.39 is 12.0 Å². The van der Waals surface area contributed by atoms with Crippen molar-refractivity contribution < 1.29 is 14.7 Å². The number of nitrogens with zero attached hydrogens (tertiary/aromatic N) is 2. The number of aryl methyl sites for hydroxylation is 1. The van der Waals surface area contributed by atoms with E-state index in [1.807, 2.05) is 0 Å². The number of nitrogens with two attached hydrogens (primary N) is 1. The quantitative estimate of drug-likeness (QED) is 0.593. The van der Waals surface area contributed by atoms with Gasteiger partial charge in [0, 0.05) is 13.6 Å². The largest absolute Gasteiger partial charge is 0.480 e. The molecule has 0 radical (unpaired) electrons. The molecule has 4 N–H and O–H groups in total. The number of carboxylic acids is 1. The van der Waals surface area contributed by atoms with E-state index in [2.05, 4.69) is 10.3 Å². The van der Waals surface area contributed by atoms with Crippen molar-refractivity contribution in [2.75, 3.05) is 6.54 Å². The fourth-order valence-electron chi connectivity index (χ4n) is 1.13. The maximum Gasteiger partial charge on any atom is 0.320 e. The van der Waals surface area contributed by atoms with Crippen LogP contribution in [-0.2, 0) is 11.8 Å². The third kappa shape index (κ3) is 3.06. The SMILES string of the molecule is Cn1cncc1C(=O)NCCC(N)C(=O)O. The van der Waals surface area contributed by atoms with Crippen LogP contribution in [-0.4, -0.2) is 39.1 Å². The Kier molecular flexibility index (Phi) is 4.01. The molecule has 1 aromatic rings. The molecule has 1 aromatic heterocycles. The number of aliphatic carboxylic acids is 1. The smallest absolute Gasteiger partial charge is 0.320 e. The average molecular weight is 226 g/mol. The second-order valence-electron chi connectivity index (χ2n) is 3.38. The first-order chi connectivity index (χ1) is 7.52. The molecular weight excluding hydrogens is 212 g/mol. The van der Waals surface area contributed by atoms with Gasteiger partial charge in [0.25, 0.3) is 5.91 Å². The van der Waals surface area contributed by atoms with Gasteiger partial charge in [0.05, 0.1) is 12.5 Å². The maximum atomic E-state index is 11.5. The zero-order chi connectivity index (χ0) is 12.1. The van der Waals surface area contributed by atoms with E-state index in [0.717, 1.165) is 0 Å². The summed E-state index contributed by atoms with van der Waals surface area (Å²) in [5.41, 5.74) is 5.70. The summed E-state index contributed by atoms with van der Waals surface area (Å²) in [4.78, 5) is 25.7. The summed E-state index contributed by atoms with van der Waals surface area (Å²) < 4.78 is 1.58. The van der Waals surface area contributed by atoms with Crippen molar-refractivity contribution in [1.82, 2.24) is 14.9 Å². The van der Waals surface area contributed by atoms with E-state index >= 15 is 0 Å². The van der Waals surface area contributed by atoms with Crippen LogP contribution in [0.3, 0.4) is 0 Å². The highest BCUT2D eigenvalue weighted by molar-refractivity contribution is 5.92. The summed E-state index contributed by atoms with van der Waals surface area (Å²) in [5, 5.41) is 11.1. The molecule has 0 saturated carbocycles. The Morgan fingerprint density at radius 3 is 2.88 bits per heavy atom. The van der Waals surface area contributed by atoms with Gasteiger partial charge in [-0.05, 0) is 6.42 Å². The standard InChI is InChI=1S/C9H14N4O3/c1-13-5-11-4-7(13)8(14)12-3-2-6(10)9(15)16/h4-6H,2-3,10H2,1H3,(H,12,14)(H,15,16). The molecule has 0 aliphatic carbocycles. The van der Waals surface area contributed by atoms with Crippen LogP contribution in [0.4, 0.5) is 0 Å². The molecule has 0 aliphatic heterocycles. The zero-order valence-electron chi connectivity index (χ0n) is 8.88. The number of amides is 1. The highest BCUT2D eigenvalue weighted by Crippen LogP contribution is 1.96. The lowest BCUT2D eigenvalue weighted by Crippen LogP contribution is -2.35. The van der Waals surface area contributed by atoms with Gasteiger partial charge in [-0.3, -0.25) is 9.59 Å². The number of carbonyl (C=O) groups is 2. The van der Waals surface area contributed by atoms with E-state index in [1.165, 1.54) is 12.5 Å². The van der Waals surface area contributed by atoms with E-state index in [9.17, 15) is 9.59 Å². The minimum absolute atomic E-state index is 0.193. The van der Waals surface area contributed by atoms with Crippen molar-refractivity contribution in [3.8, 4) is 0 Å². The Morgan fingerprint density at radius 1 is 1.69 bits per heavy atom. The molecule has 1 rings (SSSR count). The summed E-state index contributed by atoms with van der Waals surface area (Å²) >= 11 is 0. The van der Waals surface area contributed by atoms with Gasteiger partial charge < -0.3 is 20.7 Å². The van der Waals surface area contributed by atoms with Crippen LogP contribution in [0, 0.1) is 0 Å². The molecular formula is C9H14N4O3. The first-order valence-electron chi connectivity index (χ1n) is 4.75. The van der Waals surface area contributed by atoms with Crippen molar-refractivity contribution >= 4 is 11.9 Å². The van der Waals surface area contributed by atoms with Gasteiger partial charge in [0.15, 0.2) is 0 Å². The lowest BCUT2D eigenvalue weighted by atomic mass is 10.2. The highest BCUT2D eigenvalue weighted by atomic mass is 16.4. The normalized spacial score (nSPS) is 12.1. The van der Waals surface area contributed by atoms with Gasteiger partial charge in [0.1, 0.15) is 11.7 Å². The number of imidazole rings is 1. The fraction of sp³-hybridized carbons (Fsp3) is 0.444. The molecule has 1 amide bonds. The van der Waals surface area contributed by atoms with Gasteiger partial charge in [0.2, 0.25) is 0 Å². The second-order valence-corrected chi connectivity index (χ2v) is 3.38. The summed E-state index contributed by atoms with van der Waals surface area (Å²) in [5.74, 6) is -1.37. The number of hydrogen-bond acceptors (Lipinski definition) is 4. The molecule has 0 bridgehead atoms. The van der Waals surface area contributed by atoms with Crippen molar-refractivity contribution in [3.05, 3.63) is 18.2 Å². The molecule has 7 nitrogen and oxygen atoms in total. The summed E-state index contributed by atoms with van der Waals surface area (Å²) in [6.45, 7) is 0.220. The number of carboxylic acid groups (broad SMARTS) is 1. The number of rotatable bonds is 5. The predicted octanol–water partition coefficient (Wildman–Crippen LogP) is -1.05. The van der Waals surface area contributed by atoms with E-state index in [1.54, 1.807) is 11.6 Å². The second kappa shape index (κ2) is 5.26. The van der Waals surface area contributed by atoms with Crippen molar-refractivity contribution in [2.45, 2.75) is 12.5 Å². The molecule has 0 aliphatic rings. The molecule has 1 atom stereocenters. The van der Waals surface area contributed by atoms with Crippen LogP contribution < -0.4 is 11.1 Å². The fourth-order valence-corrected chi connectivity index (χ4v) is 1.13. The van der Waals surface area contributed by atoms with Gasteiger partial charge in [-0.1, -0.05) is 0 Å². The molecule has 16 heavy (non-hydrogen) atoms. The molecule has 0 spiro atoms. The number of hydrogen-bond donors (Lipinski definition) is 3. The number of aromatic nitrogens is 2. The molecule has 88 valence electrons. The Bertz CT molecular complexity index is 388. The molecule has 0 fully saturated rings. The number of nitrogens with one attached hydrogen (secondary N) is 1. The lowest BCUT2D eigenvalue weighted by Gasteiger charge is -2.07. The molecule has 0 saturated heterocycles. The predicted molar refractivity (Wildman–Crippen MR) is 55.8 cm³/mol. The molecule has 7 heteroatoms. The van der Waals surface area contributed by atoms with Crippen molar-refractivity contribution in [3.63, 3.8) is 0 Å². The Morgan fingerprint density at radius 2 is 2.38 bits per heavy atom. The van der Waals surface area contributed by atoms with Gasteiger partial charge in [-0.25, -0.2) is 4.98 Å². The maximum absolute atomic E-state index is 11.5. The first kappa shape index (κ1) is 12.2. The topological polar surface area (TPSA) is 110 Å². The summed E-state index contributed by atoms with van der Waals surface area (Å²) in [7, 11) is 1.70. The van der Waals surface area contributed by atoms with Crippen LogP contribution in [0.15, 0.2) is 12.5 Å². The minimum Gasteiger partial charge on any atom is -0.480 e. The van der Waals surface area contributed by atoms with Gasteiger partial charge >= 0.3 is 5.97 Å². The molecule has 1 heterocycles. The van der Waals surface area contributed by atoms with E-state index in [0.29, 0.717) is 5.69 Å². The Hall–Kier alpha value is -1.89. The third-order valence-electron chi connectivity index (χ3n) is 2.11. The van der Waals surface area contributed by atoms with Gasteiger partial charge in [-0.15, -0.1) is 0 Å². The van der Waals surface area contributed by atoms with Crippen LogP contribution in [0.25, 0.3) is 0 Å². The van der Waals surface area contributed by atoms with Crippen molar-refractivity contribution in [2.24, 2.45) is 12.8 Å². The average Bonchev–Trinajstić information content (AvgIpc) is 2.64. The minimum atomic E-state index is -1.07. The van der Waals surface area contributed by atoms with E-state index in [-0.39, 0.29) is 18.9 Å². The van der Waals surface area contributed by atoms with Crippen LogP contribution in [0.1, 0.15) is 16.9 Å². The highest BCUT2D eigenvalue weighted by Gasteiger charge is 2.13. The van der Waals surface area contributed by atoms with Crippen LogP contribution in [0.2, 0.25) is 0 Å². The third-order valence-corrected chi connectivity index (χ3v) is 2.11. The Balaban J connectivity index is 2.37. The monoisotopic (exact) mass is 226 g/mol. The van der Waals surface area contributed by atoms with Crippen LogP contribution in [0.5, 0.6) is 0 Å². The lowest BCUT2D eigenvalue weighted by molar-refractivity contribution is -0.138. The van der Waals surface area contributed by atoms with E-state index in [4.69, 9.17) is 10.8 Å². The van der Waals surface area contributed by atoms with Gasteiger partial charge in [-0.2, -0.15) is 0 Å². The zero-order valence-corrected chi connectivity index (χ0v) is 8.88. The number of carbonyl (C=O) groups excluding carboxylic acids is 1. The Labute approximate surface area is 92.3 Å². The first-order valence-corrected chi connectivity index (χ1v) is 4.75. The summed E-state index contributed by atoms with van der Waals surface area (Å²) in [6, 6.07) is -0.952. The molecule has 1 unspecified atom stereocenters. The summed E-state index contributed by atoms with van der Waals surface area (Å²) in [6.07, 6.45) is 3.14. The molecule has 0 aromatic carbocycles. The van der Waals surface area contributed by atoms with Crippen molar-refractivity contribution in [1.29, 1.82) is 0 Å². The van der Waals surface area contributed by atoms with Crippen LogP contribution >= 0.6 is 0 Å².